The van der Waals surface area contributed by atoms with E-state index in [1.807, 2.05) is 25.1 Å². The number of ether oxygens (including phenoxy) is 1. The van der Waals surface area contributed by atoms with Crippen LogP contribution in [0.25, 0.3) is 0 Å². The van der Waals surface area contributed by atoms with Gasteiger partial charge in [0.2, 0.25) is 0 Å². The second-order valence-electron chi connectivity index (χ2n) is 6.50. The van der Waals surface area contributed by atoms with Crippen molar-refractivity contribution < 1.29 is 14.9 Å². The molecular formula is C19H20O3. The molecule has 2 N–H and O–H groups in total. The average molecular weight is 296 g/mol. The zero-order valence-corrected chi connectivity index (χ0v) is 12.6. The van der Waals surface area contributed by atoms with Crippen molar-refractivity contribution >= 4 is 0 Å². The highest BCUT2D eigenvalue weighted by Crippen LogP contribution is 2.54. The highest BCUT2D eigenvalue weighted by atomic mass is 16.5. The Kier molecular flexibility index (Phi) is 3.03. The van der Waals surface area contributed by atoms with E-state index in [2.05, 4.69) is 0 Å². The smallest absolute Gasteiger partial charge is 0.127 e. The van der Waals surface area contributed by atoms with Crippen molar-refractivity contribution in [3.05, 3.63) is 53.1 Å². The third-order valence-corrected chi connectivity index (χ3v) is 5.16. The van der Waals surface area contributed by atoms with Crippen molar-refractivity contribution in [2.24, 2.45) is 5.92 Å². The molecule has 2 aromatic rings. The lowest BCUT2D eigenvalue weighted by atomic mass is 9.79. The van der Waals surface area contributed by atoms with E-state index in [4.69, 9.17) is 4.74 Å². The maximum atomic E-state index is 9.78. The van der Waals surface area contributed by atoms with Crippen LogP contribution in [0.15, 0.2) is 36.4 Å². The van der Waals surface area contributed by atoms with E-state index in [1.165, 1.54) is 6.42 Å². The molecule has 1 heterocycles. The molecule has 1 saturated carbocycles. The van der Waals surface area contributed by atoms with Crippen molar-refractivity contribution in [1.29, 1.82) is 0 Å². The largest absolute Gasteiger partial charge is 0.508 e. The standard InChI is InChI=1S/C19H20O3/c1-11-9-12(20)5-7-14(11)19-16-4-2-3-15(16)17-10-13(21)6-8-18(17)22-19/h5-10,15-16,19-21H,2-4H2,1H3. The number of benzene rings is 2. The number of aryl methyl sites for hydroxylation is 1. The summed E-state index contributed by atoms with van der Waals surface area (Å²) in [6.07, 6.45) is 3.52. The van der Waals surface area contributed by atoms with Crippen LogP contribution >= 0.6 is 0 Å². The fraction of sp³-hybridized carbons (Fsp3) is 0.368. The number of phenolic OH excluding ortho intramolecular Hbond substituents is 2. The molecule has 0 amide bonds. The van der Waals surface area contributed by atoms with Gasteiger partial charge in [0.15, 0.2) is 0 Å². The van der Waals surface area contributed by atoms with Gasteiger partial charge in [-0.2, -0.15) is 0 Å². The fourth-order valence-corrected chi connectivity index (χ4v) is 4.17. The molecule has 0 spiro atoms. The predicted molar refractivity (Wildman–Crippen MR) is 84.4 cm³/mol. The highest BCUT2D eigenvalue weighted by Gasteiger charge is 2.42. The molecule has 3 nitrogen and oxygen atoms in total. The van der Waals surface area contributed by atoms with E-state index in [9.17, 15) is 10.2 Å². The molecule has 3 unspecified atom stereocenters. The predicted octanol–water partition coefficient (Wildman–Crippen LogP) is 4.42. The summed E-state index contributed by atoms with van der Waals surface area (Å²) in [5, 5.41) is 19.4. The Labute approximate surface area is 130 Å². The van der Waals surface area contributed by atoms with E-state index in [0.717, 1.165) is 35.3 Å². The van der Waals surface area contributed by atoms with Crippen LogP contribution in [-0.4, -0.2) is 10.2 Å². The molecule has 1 aliphatic heterocycles. The molecule has 2 aromatic carbocycles. The van der Waals surface area contributed by atoms with E-state index >= 15 is 0 Å². The molecule has 2 aliphatic rings. The van der Waals surface area contributed by atoms with Crippen molar-refractivity contribution in [1.82, 2.24) is 0 Å². The minimum absolute atomic E-state index is 0.0325. The minimum Gasteiger partial charge on any atom is -0.508 e. The summed E-state index contributed by atoms with van der Waals surface area (Å²) in [6.45, 7) is 2.02. The fourth-order valence-electron chi connectivity index (χ4n) is 4.17. The third-order valence-electron chi connectivity index (χ3n) is 5.16. The van der Waals surface area contributed by atoms with Gasteiger partial charge in [0.05, 0.1) is 0 Å². The van der Waals surface area contributed by atoms with Gasteiger partial charge in [-0.05, 0) is 67.1 Å². The normalized spacial score (nSPS) is 26.1. The van der Waals surface area contributed by atoms with E-state index in [-0.39, 0.29) is 6.10 Å². The van der Waals surface area contributed by atoms with Gasteiger partial charge in [-0.15, -0.1) is 0 Å². The first-order valence-corrected chi connectivity index (χ1v) is 7.92. The Bertz CT molecular complexity index is 723. The summed E-state index contributed by atoms with van der Waals surface area (Å²) in [5.74, 6) is 2.39. The SMILES string of the molecule is Cc1cc(O)ccc1C1Oc2ccc(O)cc2C2CCCC21. The number of fused-ring (bicyclic) bond motifs is 3. The first-order chi connectivity index (χ1) is 10.6. The van der Waals surface area contributed by atoms with Gasteiger partial charge in [-0.25, -0.2) is 0 Å². The monoisotopic (exact) mass is 296 g/mol. The van der Waals surface area contributed by atoms with Gasteiger partial charge in [0.1, 0.15) is 23.4 Å². The summed E-state index contributed by atoms with van der Waals surface area (Å²) < 4.78 is 6.31. The van der Waals surface area contributed by atoms with E-state index in [0.29, 0.717) is 23.3 Å². The minimum atomic E-state index is 0.0325. The van der Waals surface area contributed by atoms with Crippen LogP contribution in [0.2, 0.25) is 0 Å². The Morgan fingerprint density at radius 2 is 1.73 bits per heavy atom. The Morgan fingerprint density at radius 1 is 0.955 bits per heavy atom. The molecule has 0 aromatic heterocycles. The van der Waals surface area contributed by atoms with Crippen LogP contribution in [0.5, 0.6) is 17.2 Å². The Balaban J connectivity index is 1.80. The van der Waals surface area contributed by atoms with Crippen LogP contribution in [0.3, 0.4) is 0 Å². The molecule has 0 bridgehead atoms. The van der Waals surface area contributed by atoms with Crippen LogP contribution < -0.4 is 4.74 Å². The molecule has 114 valence electrons. The lowest BCUT2D eigenvalue weighted by Crippen LogP contribution is -2.27. The molecule has 1 fully saturated rings. The molecule has 4 rings (SSSR count). The maximum absolute atomic E-state index is 9.78. The number of hydrogen-bond donors (Lipinski definition) is 2. The van der Waals surface area contributed by atoms with Gasteiger partial charge in [-0.3, -0.25) is 0 Å². The number of phenols is 2. The summed E-state index contributed by atoms with van der Waals surface area (Å²) >= 11 is 0. The van der Waals surface area contributed by atoms with Crippen molar-refractivity contribution in [3.63, 3.8) is 0 Å². The van der Waals surface area contributed by atoms with Gasteiger partial charge in [-0.1, -0.05) is 12.5 Å². The molecule has 3 heteroatoms. The van der Waals surface area contributed by atoms with Crippen molar-refractivity contribution in [2.45, 2.75) is 38.2 Å². The third kappa shape index (κ3) is 2.04. The van der Waals surface area contributed by atoms with Crippen LogP contribution in [0, 0.1) is 12.8 Å². The van der Waals surface area contributed by atoms with Gasteiger partial charge in [0, 0.05) is 11.5 Å². The molecule has 3 atom stereocenters. The lowest BCUT2D eigenvalue weighted by molar-refractivity contribution is 0.103. The van der Waals surface area contributed by atoms with Gasteiger partial charge in [0.25, 0.3) is 0 Å². The Hall–Kier alpha value is -2.16. The first-order valence-electron chi connectivity index (χ1n) is 7.92. The topological polar surface area (TPSA) is 49.7 Å². The van der Waals surface area contributed by atoms with Crippen LogP contribution in [-0.2, 0) is 0 Å². The summed E-state index contributed by atoms with van der Waals surface area (Å²) in [4.78, 5) is 0. The Morgan fingerprint density at radius 3 is 2.55 bits per heavy atom. The molecule has 0 radical (unpaired) electrons. The molecular weight excluding hydrogens is 276 g/mol. The van der Waals surface area contributed by atoms with Crippen molar-refractivity contribution in [2.75, 3.05) is 0 Å². The van der Waals surface area contributed by atoms with Gasteiger partial charge >= 0.3 is 0 Å². The van der Waals surface area contributed by atoms with E-state index < -0.39 is 0 Å². The molecule has 22 heavy (non-hydrogen) atoms. The summed E-state index contributed by atoms with van der Waals surface area (Å²) in [6, 6.07) is 10.9. The van der Waals surface area contributed by atoms with Crippen LogP contribution in [0.4, 0.5) is 0 Å². The van der Waals surface area contributed by atoms with E-state index in [1.54, 1.807) is 18.2 Å². The molecule has 1 aliphatic carbocycles. The molecule has 0 saturated heterocycles. The second kappa shape index (κ2) is 4.94. The first kappa shape index (κ1) is 13.5. The number of aromatic hydroxyl groups is 2. The number of rotatable bonds is 1. The number of hydrogen-bond acceptors (Lipinski definition) is 3. The quantitative estimate of drug-likeness (QED) is 0.818. The van der Waals surface area contributed by atoms with Crippen molar-refractivity contribution in [3.8, 4) is 17.2 Å². The average Bonchev–Trinajstić information content (AvgIpc) is 2.97. The summed E-state index contributed by atoms with van der Waals surface area (Å²) in [5.41, 5.74) is 3.38. The zero-order valence-electron chi connectivity index (χ0n) is 12.6. The van der Waals surface area contributed by atoms with Gasteiger partial charge < -0.3 is 14.9 Å². The van der Waals surface area contributed by atoms with Crippen LogP contribution in [0.1, 0.15) is 48.0 Å². The highest BCUT2D eigenvalue weighted by molar-refractivity contribution is 5.46. The zero-order chi connectivity index (χ0) is 15.3. The second-order valence-corrected chi connectivity index (χ2v) is 6.50. The lowest BCUT2D eigenvalue weighted by Gasteiger charge is -2.37. The maximum Gasteiger partial charge on any atom is 0.127 e. The summed E-state index contributed by atoms with van der Waals surface area (Å²) in [7, 11) is 0.